The van der Waals surface area contributed by atoms with Gasteiger partial charge in [0.15, 0.2) is 0 Å². The molecule has 10 heteroatoms. The summed E-state index contributed by atoms with van der Waals surface area (Å²) in [5.41, 5.74) is 1.12. The second kappa shape index (κ2) is 9.90. The van der Waals surface area contributed by atoms with Crippen LogP contribution in [0.4, 0.5) is 5.69 Å². The van der Waals surface area contributed by atoms with Crippen molar-refractivity contribution in [3.63, 3.8) is 0 Å². The van der Waals surface area contributed by atoms with Crippen LogP contribution in [0.25, 0.3) is 0 Å². The molecule has 1 aliphatic heterocycles. The van der Waals surface area contributed by atoms with Gasteiger partial charge in [-0.15, -0.1) is 0 Å². The Morgan fingerprint density at radius 3 is 2.25 bits per heavy atom. The predicted octanol–water partition coefficient (Wildman–Crippen LogP) is 1.51. The molecule has 0 aromatic heterocycles. The van der Waals surface area contributed by atoms with Crippen LogP contribution >= 0.6 is 0 Å². The number of carbonyl (C=O) groups is 2. The van der Waals surface area contributed by atoms with Gasteiger partial charge in [0.2, 0.25) is 12.3 Å². The van der Waals surface area contributed by atoms with Crippen molar-refractivity contribution >= 4 is 28.0 Å². The minimum Gasteiger partial charge on any atom is -0.497 e. The predicted molar refractivity (Wildman–Crippen MR) is 119 cm³/mol. The maximum atomic E-state index is 13.6. The Hall–Kier alpha value is -3.27. The van der Waals surface area contributed by atoms with Gasteiger partial charge in [-0.1, -0.05) is 17.7 Å². The lowest BCUT2D eigenvalue weighted by molar-refractivity contribution is -0.133. The fourth-order valence-electron chi connectivity index (χ4n) is 3.43. The molecule has 0 unspecified atom stereocenters. The molecule has 3 rings (SSSR count). The highest BCUT2D eigenvalue weighted by atomic mass is 32.2. The molecule has 0 saturated carbocycles. The second-order valence-corrected chi connectivity index (χ2v) is 9.25. The van der Waals surface area contributed by atoms with Gasteiger partial charge in [0.05, 0.1) is 24.8 Å². The topological polar surface area (TPSA) is 96.5 Å². The fraction of sp³-hybridized carbons (Fsp3) is 0.364. The lowest BCUT2D eigenvalue weighted by Crippen LogP contribution is -2.51. The normalized spacial score (nSPS) is 14.1. The summed E-state index contributed by atoms with van der Waals surface area (Å²) >= 11 is 0. The Balaban J connectivity index is 2.01. The Morgan fingerprint density at radius 1 is 1.03 bits per heavy atom. The monoisotopic (exact) mass is 461 g/mol. The van der Waals surface area contributed by atoms with Crippen molar-refractivity contribution in [3.8, 4) is 11.5 Å². The number of hydrogen-bond donors (Lipinski definition) is 0. The van der Waals surface area contributed by atoms with Gasteiger partial charge in [-0.2, -0.15) is 0 Å². The number of sulfonamides is 1. The Morgan fingerprint density at radius 2 is 1.69 bits per heavy atom. The number of rotatable bonds is 8. The molecule has 0 aliphatic carbocycles. The van der Waals surface area contributed by atoms with E-state index >= 15 is 0 Å². The van der Waals surface area contributed by atoms with Gasteiger partial charge >= 0.3 is 0 Å². The van der Waals surface area contributed by atoms with E-state index in [4.69, 9.17) is 9.47 Å². The minimum atomic E-state index is -4.09. The van der Waals surface area contributed by atoms with E-state index in [9.17, 15) is 18.0 Å². The third kappa shape index (κ3) is 4.96. The van der Waals surface area contributed by atoms with E-state index in [0.29, 0.717) is 37.7 Å². The smallest absolute Gasteiger partial charge is 0.264 e. The zero-order valence-corrected chi connectivity index (χ0v) is 19.2. The van der Waals surface area contributed by atoms with Gasteiger partial charge < -0.3 is 19.3 Å². The number of methoxy groups -OCH3 is 2. The van der Waals surface area contributed by atoms with Crippen LogP contribution < -0.4 is 13.8 Å². The third-order valence-electron chi connectivity index (χ3n) is 5.36. The van der Waals surface area contributed by atoms with E-state index < -0.39 is 16.6 Å². The number of anilines is 1. The minimum absolute atomic E-state index is 0.0616. The number of amides is 2. The first-order valence-electron chi connectivity index (χ1n) is 10.1. The molecule has 32 heavy (non-hydrogen) atoms. The molecule has 1 heterocycles. The molecule has 9 nitrogen and oxygen atoms in total. The SMILES string of the molecule is COc1ccc(OC)c(N(CC(=O)N2CCN(C=O)CC2)S(=O)(=O)c2ccc(C)cc2)c1. The summed E-state index contributed by atoms with van der Waals surface area (Å²) in [6, 6.07) is 11.2. The van der Waals surface area contributed by atoms with Crippen molar-refractivity contribution in [2.45, 2.75) is 11.8 Å². The first-order chi connectivity index (χ1) is 15.3. The maximum absolute atomic E-state index is 13.6. The highest BCUT2D eigenvalue weighted by Crippen LogP contribution is 2.35. The largest absolute Gasteiger partial charge is 0.497 e. The molecule has 2 amide bonds. The number of benzene rings is 2. The highest BCUT2D eigenvalue weighted by molar-refractivity contribution is 7.92. The lowest BCUT2D eigenvalue weighted by atomic mass is 10.2. The van der Waals surface area contributed by atoms with Crippen LogP contribution in [0.15, 0.2) is 47.4 Å². The van der Waals surface area contributed by atoms with Crippen LogP contribution in [0.5, 0.6) is 11.5 Å². The first kappa shape index (κ1) is 23.4. The average Bonchev–Trinajstić information content (AvgIpc) is 2.82. The summed E-state index contributed by atoms with van der Waals surface area (Å²) < 4.78 is 39.0. The highest BCUT2D eigenvalue weighted by Gasteiger charge is 2.32. The van der Waals surface area contributed by atoms with E-state index in [-0.39, 0.29) is 16.5 Å². The molecule has 1 saturated heterocycles. The first-order valence-corrected chi connectivity index (χ1v) is 11.5. The van der Waals surface area contributed by atoms with Crippen molar-refractivity contribution in [2.24, 2.45) is 0 Å². The van der Waals surface area contributed by atoms with Crippen LogP contribution in [0.3, 0.4) is 0 Å². The van der Waals surface area contributed by atoms with Crippen LogP contribution in [0.1, 0.15) is 5.56 Å². The molecule has 1 aliphatic rings. The number of piperazine rings is 1. The average molecular weight is 462 g/mol. The quantitative estimate of drug-likeness (QED) is 0.553. The summed E-state index contributed by atoms with van der Waals surface area (Å²) in [6.45, 7) is 2.93. The van der Waals surface area contributed by atoms with Crippen molar-refractivity contribution < 1.29 is 27.5 Å². The molecular formula is C22H27N3O6S. The number of ether oxygens (including phenoxy) is 2. The zero-order valence-electron chi connectivity index (χ0n) is 18.4. The molecule has 1 fully saturated rings. The number of aryl methyl sites for hydroxylation is 1. The molecule has 0 bridgehead atoms. The van der Waals surface area contributed by atoms with Crippen molar-refractivity contribution in [1.82, 2.24) is 9.80 Å². The molecule has 2 aromatic carbocycles. The Kier molecular flexibility index (Phi) is 7.24. The zero-order chi connectivity index (χ0) is 23.3. The lowest BCUT2D eigenvalue weighted by Gasteiger charge is -2.34. The van der Waals surface area contributed by atoms with Crippen molar-refractivity contribution in [3.05, 3.63) is 48.0 Å². The summed E-state index contributed by atoms with van der Waals surface area (Å²) in [6.07, 6.45) is 0.747. The van der Waals surface area contributed by atoms with Crippen LogP contribution in [-0.4, -0.2) is 77.5 Å². The number of nitrogens with zero attached hydrogens (tertiary/aromatic N) is 3. The van der Waals surface area contributed by atoms with E-state index in [0.717, 1.165) is 16.3 Å². The van der Waals surface area contributed by atoms with Crippen LogP contribution in [0, 0.1) is 6.92 Å². The second-order valence-electron chi connectivity index (χ2n) is 7.38. The van der Waals surface area contributed by atoms with E-state index in [2.05, 4.69) is 0 Å². The third-order valence-corrected chi connectivity index (χ3v) is 7.13. The summed E-state index contributed by atoms with van der Waals surface area (Å²) in [5, 5.41) is 0. The molecule has 0 atom stereocenters. The van der Waals surface area contributed by atoms with Gasteiger partial charge in [0, 0.05) is 32.2 Å². The van der Waals surface area contributed by atoms with Crippen molar-refractivity contribution in [2.75, 3.05) is 51.2 Å². The van der Waals surface area contributed by atoms with Gasteiger partial charge in [-0.25, -0.2) is 8.42 Å². The van der Waals surface area contributed by atoms with Gasteiger partial charge in [0.25, 0.3) is 10.0 Å². The molecule has 0 spiro atoms. The Labute approximate surface area is 188 Å². The molecule has 0 radical (unpaired) electrons. The fourth-order valence-corrected chi connectivity index (χ4v) is 4.84. The summed E-state index contributed by atoms with van der Waals surface area (Å²) in [7, 11) is -1.19. The molecular weight excluding hydrogens is 434 g/mol. The molecule has 0 N–H and O–H groups in total. The number of carbonyl (C=O) groups excluding carboxylic acids is 2. The van der Waals surface area contributed by atoms with Gasteiger partial charge in [0.1, 0.15) is 18.0 Å². The van der Waals surface area contributed by atoms with Gasteiger partial charge in [-0.3, -0.25) is 13.9 Å². The molecule has 2 aromatic rings. The molecule has 172 valence electrons. The van der Waals surface area contributed by atoms with Crippen LogP contribution in [0.2, 0.25) is 0 Å². The summed E-state index contributed by atoms with van der Waals surface area (Å²) in [4.78, 5) is 27.3. The maximum Gasteiger partial charge on any atom is 0.264 e. The van der Waals surface area contributed by atoms with E-state index in [1.54, 1.807) is 34.1 Å². The van der Waals surface area contributed by atoms with E-state index in [1.807, 2.05) is 6.92 Å². The number of hydrogen-bond acceptors (Lipinski definition) is 6. The standard InChI is InChI=1S/C22H27N3O6S/c1-17-4-7-19(8-5-17)32(28,29)25(20-14-18(30-2)6-9-21(20)31-3)15-22(27)24-12-10-23(16-26)11-13-24/h4-9,14,16H,10-13,15H2,1-3H3. The van der Waals surface area contributed by atoms with Crippen molar-refractivity contribution in [1.29, 1.82) is 0 Å². The van der Waals surface area contributed by atoms with Crippen LogP contribution in [-0.2, 0) is 19.6 Å². The van der Waals surface area contributed by atoms with Gasteiger partial charge in [-0.05, 0) is 31.2 Å². The Bertz CT molecular complexity index is 1060. The van der Waals surface area contributed by atoms with E-state index in [1.165, 1.54) is 32.4 Å². The summed E-state index contributed by atoms with van der Waals surface area (Å²) in [5.74, 6) is 0.355.